The zero-order chi connectivity index (χ0) is 18.9. The topological polar surface area (TPSA) is 77.5 Å². The standard InChI is InChI=1S/C21H24ClN5/c22-17-9-7-16(8-10-17)19(20-5-1-2-12-25-20)11-13-26-21(23)6-3-4-18-14-24-15-27-18/h1-2,5,7-10,12,14-15,19H,3-4,6,11,13H2,(H2,23,26)(H,24,27). The first kappa shape index (κ1) is 19.1. The van der Waals surface area contributed by atoms with Crippen LogP contribution in [0.4, 0.5) is 0 Å². The van der Waals surface area contributed by atoms with Crippen molar-refractivity contribution in [3.63, 3.8) is 0 Å². The SMILES string of the molecule is N=C(CCCc1c[nH]cn1)NCCC(c1ccc(Cl)cc1)c1ccccn1. The van der Waals surface area contributed by atoms with E-state index in [0.29, 0.717) is 5.84 Å². The summed E-state index contributed by atoms with van der Waals surface area (Å²) >= 11 is 6.03. The van der Waals surface area contributed by atoms with Crippen molar-refractivity contribution in [2.75, 3.05) is 6.54 Å². The molecule has 1 aromatic carbocycles. The van der Waals surface area contributed by atoms with E-state index in [4.69, 9.17) is 17.0 Å². The van der Waals surface area contributed by atoms with Gasteiger partial charge in [-0.25, -0.2) is 4.98 Å². The molecule has 2 heterocycles. The minimum absolute atomic E-state index is 0.174. The second-order valence-corrected chi connectivity index (χ2v) is 6.90. The molecule has 0 aliphatic rings. The summed E-state index contributed by atoms with van der Waals surface area (Å²) in [6.45, 7) is 0.727. The number of aryl methyl sites for hydroxylation is 1. The number of aromatic nitrogens is 3. The Morgan fingerprint density at radius 1 is 1.15 bits per heavy atom. The lowest BCUT2D eigenvalue weighted by Gasteiger charge is -2.18. The van der Waals surface area contributed by atoms with E-state index in [1.807, 2.05) is 36.7 Å². The lowest BCUT2D eigenvalue weighted by Crippen LogP contribution is -2.25. The minimum atomic E-state index is 0.174. The molecule has 0 bridgehead atoms. The number of imidazole rings is 1. The van der Waals surface area contributed by atoms with E-state index in [-0.39, 0.29) is 5.92 Å². The van der Waals surface area contributed by atoms with E-state index in [0.717, 1.165) is 48.6 Å². The highest BCUT2D eigenvalue weighted by Gasteiger charge is 2.15. The molecule has 1 unspecified atom stereocenters. The third-order valence-corrected chi connectivity index (χ3v) is 4.76. The molecule has 3 rings (SSSR count). The van der Waals surface area contributed by atoms with E-state index in [1.165, 1.54) is 5.56 Å². The van der Waals surface area contributed by atoms with Crippen LogP contribution in [-0.2, 0) is 6.42 Å². The van der Waals surface area contributed by atoms with E-state index < -0.39 is 0 Å². The molecular formula is C21H24ClN5. The highest BCUT2D eigenvalue weighted by Crippen LogP contribution is 2.27. The van der Waals surface area contributed by atoms with Gasteiger partial charge >= 0.3 is 0 Å². The highest BCUT2D eigenvalue weighted by atomic mass is 35.5. The molecule has 3 N–H and O–H groups in total. The summed E-state index contributed by atoms with van der Waals surface area (Å²) in [5.41, 5.74) is 3.26. The quantitative estimate of drug-likeness (QED) is 0.375. The molecule has 140 valence electrons. The van der Waals surface area contributed by atoms with E-state index in [2.05, 4.69) is 38.5 Å². The van der Waals surface area contributed by atoms with Gasteiger partial charge in [-0.1, -0.05) is 29.8 Å². The summed E-state index contributed by atoms with van der Waals surface area (Å²) in [5, 5.41) is 12.1. The summed E-state index contributed by atoms with van der Waals surface area (Å²) < 4.78 is 0. The molecule has 0 spiro atoms. The number of nitrogens with one attached hydrogen (secondary N) is 3. The highest BCUT2D eigenvalue weighted by molar-refractivity contribution is 6.30. The average Bonchev–Trinajstić information content (AvgIpc) is 3.20. The fourth-order valence-corrected chi connectivity index (χ4v) is 3.22. The zero-order valence-electron chi connectivity index (χ0n) is 15.2. The molecular weight excluding hydrogens is 358 g/mol. The Labute approximate surface area is 164 Å². The summed E-state index contributed by atoms with van der Waals surface area (Å²) in [5.74, 6) is 0.745. The number of pyridine rings is 1. The molecule has 27 heavy (non-hydrogen) atoms. The number of rotatable bonds is 9. The first-order chi connectivity index (χ1) is 13.2. The second kappa shape index (κ2) is 9.88. The van der Waals surface area contributed by atoms with Crippen molar-refractivity contribution in [2.24, 2.45) is 0 Å². The maximum Gasteiger partial charge on any atom is 0.0931 e. The van der Waals surface area contributed by atoms with Crippen LogP contribution in [0.2, 0.25) is 5.02 Å². The van der Waals surface area contributed by atoms with Crippen LogP contribution in [0.15, 0.2) is 61.2 Å². The van der Waals surface area contributed by atoms with Crippen molar-refractivity contribution in [3.05, 3.63) is 83.2 Å². The van der Waals surface area contributed by atoms with E-state index in [1.54, 1.807) is 6.33 Å². The van der Waals surface area contributed by atoms with Gasteiger partial charge in [0.1, 0.15) is 0 Å². The Kier molecular flexibility index (Phi) is 6.99. The van der Waals surface area contributed by atoms with Crippen LogP contribution in [0, 0.1) is 5.41 Å². The summed E-state index contributed by atoms with van der Waals surface area (Å²) in [7, 11) is 0. The lowest BCUT2D eigenvalue weighted by atomic mass is 9.92. The zero-order valence-corrected chi connectivity index (χ0v) is 15.9. The molecule has 2 aromatic heterocycles. The number of nitrogens with zero attached hydrogens (tertiary/aromatic N) is 2. The fourth-order valence-electron chi connectivity index (χ4n) is 3.09. The molecule has 0 amide bonds. The third kappa shape index (κ3) is 5.93. The average molecular weight is 382 g/mol. The number of benzene rings is 1. The van der Waals surface area contributed by atoms with Crippen LogP contribution >= 0.6 is 11.6 Å². The van der Waals surface area contributed by atoms with E-state index in [9.17, 15) is 0 Å². The molecule has 0 saturated carbocycles. The Morgan fingerprint density at radius 3 is 2.70 bits per heavy atom. The summed E-state index contributed by atoms with van der Waals surface area (Å²) in [4.78, 5) is 11.7. The van der Waals surface area contributed by atoms with Crippen molar-refractivity contribution >= 4 is 17.4 Å². The van der Waals surface area contributed by atoms with Crippen molar-refractivity contribution in [3.8, 4) is 0 Å². The summed E-state index contributed by atoms with van der Waals surface area (Å²) in [6, 6.07) is 13.9. The molecule has 0 aliphatic carbocycles. The largest absolute Gasteiger partial charge is 0.374 e. The summed E-state index contributed by atoms with van der Waals surface area (Å²) in [6.07, 6.45) is 8.80. The predicted octanol–water partition coefficient (Wildman–Crippen LogP) is 4.57. The Morgan fingerprint density at radius 2 is 2.00 bits per heavy atom. The molecule has 0 fully saturated rings. The lowest BCUT2D eigenvalue weighted by molar-refractivity contribution is 0.667. The van der Waals surface area contributed by atoms with Gasteiger partial charge < -0.3 is 10.3 Å². The molecule has 1 atom stereocenters. The second-order valence-electron chi connectivity index (χ2n) is 6.47. The molecule has 0 radical (unpaired) electrons. The van der Waals surface area contributed by atoms with Crippen LogP contribution in [0.25, 0.3) is 0 Å². The van der Waals surface area contributed by atoms with E-state index >= 15 is 0 Å². The van der Waals surface area contributed by atoms with Gasteiger partial charge in [-0.2, -0.15) is 0 Å². The number of aromatic amines is 1. The first-order valence-electron chi connectivity index (χ1n) is 9.17. The molecule has 3 aromatic rings. The number of hydrogen-bond acceptors (Lipinski definition) is 3. The maximum atomic E-state index is 8.13. The molecule has 6 heteroatoms. The van der Waals surface area contributed by atoms with Crippen LogP contribution < -0.4 is 5.32 Å². The smallest absolute Gasteiger partial charge is 0.0931 e. The van der Waals surface area contributed by atoms with Crippen LogP contribution in [-0.4, -0.2) is 27.3 Å². The molecule has 5 nitrogen and oxygen atoms in total. The van der Waals surface area contributed by atoms with Crippen molar-refractivity contribution in [1.29, 1.82) is 5.41 Å². The first-order valence-corrected chi connectivity index (χ1v) is 9.55. The van der Waals surface area contributed by atoms with Crippen molar-refractivity contribution in [2.45, 2.75) is 31.6 Å². The molecule has 0 aliphatic heterocycles. The van der Waals surface area contributed by atoms with Gasteiger partial charge in [-0.3, -0.25) is 10.4 Å². The van der Waals surface area contributed by atoms with Gasteiger partial charge in [0.25, 0.3) is 0 Å². The third-order valence-electron chi connectivity index (χ3n) is 4.50. The van der Waals surface area contributed by atoms with Crippen LogP contribution in [0.3, 0.4) is 0 Å². The van der Waals surface area contributed by atoms with Gasteiger partial charge in [0.2, 0.25) is 0 Å². The Bertz CT molecular complexity index is 816. The van der Waals surface area contributed by atoms with Crippen molar-refractivity contribution in [1.82, 2.24) is 20.3 Å². The molecule has 0 saturated heterocycles. The Balaban J connectivity index is 1.52. The monoisotopic (exact) mass is 381 g/mol. The number of halogens is 1. The predicted molar refractivity (Wildman–Crippen MR) is 109 cm³/mol. The number of hydrogen-bond donors (Lipinski definition) is 3. The number of H-pyrrole nitrogens is 1. The van der Waals surface area contributed by atoms with Crippen LogP contribution in [0.1, 0.15) is 42.1 Å². The van der Waals surface area contributed by atoms with Gasteiger partial charge in [-0.15, -0.1) is 0 Å². The Hall–Kier alpha value is -2.66. The van der Waals surface area contributed by atoms with Crippen molar-refractivity contribution < 1.29 is 0 Å². The normalized spacial score (nSPS) is 11.9. The van der Waals surface area contributed by atoms with Gasteiger partial charge in [0, 0.05) is 42.0 Å². The maximum absolute atomic E-state index is 8.13. The fraction of sp³-hybridized carbons (Fsp3) is 0.286. The van der Waals surface area contributed by atoms with Crippen LogP contribution in [0.5, 0.6) is 0 Å². The van der Waals surface area contributed by atoms with Gasteiger partial charge in [0.05, 0.1) is 17.9 Å². The van der Waals surface area contributed by atoms with Gasteiger partial charge in [0.15, 0.2) is 0 Å². The minimum Gasteiger partial charge on any atom is -0.374 e. The number of amidine groups is 1. The van der Waals surface area contributed by atoms with Gasteiger partial charge in [-0.05, 0) is 49.1 Å².